The molecule has 0 aliphatic heterocycles. The quantitative estimate of drug-likeness (QED) is 0.654. The fourth-order valence-electron chi connectivity index (χ4n) is 3.70. The highest BCUT2D eigenvalue weighted by atomic mass is 19.1. The first kappa shape index (κ1) is 21.9. The zero-order valence-electron chi connectivity index (χ0n) is 18.1. The summed E-state index contributed by atoms with van der Waals surface area (Å²) in [7, 11) is 1.54. The van der Waals surface area contributed by atoms with Gasteiger partial charge in [-0.2, -0.15) is 0 Å². The number of amides is 1. The van der Waals surface area contributed by atoms with E-state index in [2.05, 4.69) is 10.6 Å². The normalized spacial score (nSPS) is 19.1. The van der Waals surface area contributed by atoms with Crippen LogP contribution in [0.2, 0.25) is 0 Å². The monoisotopic (exact) mass is 414 g/mol. The molecule has 3 rings (SSSR count). The predicted octanol–water partition coefficient (Wildman–Crippen LogP) is 5.75. The minimum absolute atomic E-state index is 0.0290. The van der Waals surface area contributed by atoms with E-state index in [4.69, 9.17) is 9.47 Å². The molecule has 0 saturated heterocycles. The van der Waals surface area contributed by atoms with Gasteiger partial charge in [0.2, 0.25) is 0 Å². The maximum Gasteiger partial charge on any atom is 0.407 e. The van der Waals surface area contributed by atoms with Crippen molar-refractivity contribution < 1.29 is 18.7 Å². The van der Waals surface area contributed by atoms with Gasteiger partial charge in [-0.25, -0.2) is 9.18 Å². The number of ether oxygens (including phenoxy) is 2. The van der Waals surface area contributed by atoms with Crippen LogP contribution >= 0.6 is 0 Å². The van der Waals surface area contributed by atoms with Crippen LogP contribution in [-0.2, 0) is 4.74 Å². The molecule has 1 amide bonds. The van der Waals surface area contributed by atoms with Gasteiger partial charge in [0, 0.05) is 28.9 Å². The Bertz CT molecular complexity index is 854. The molecule has 0 aromatic heterocycles. The molecule has 0 atom stereocenters. The van der Waals surface area contributed by atoms with Crippen LogP contribution in [0.5, 0.6) is 5.75 Å². The average Bonchev–Trinajstić information content (AvgIpc) is 2.68. The van der Waals surface area contributed by atoms with Crippen LogP contribution in [0.25, 0.3) is 11.1 Å². The van der Waals surface area contributed by atoms with E-state index in [-0.39, 0.29) is 23.6 Å². The number of alkyl carbamates (subject to hydrolysis) is 1. The number of nitrogens with one attached hydrogen (secondary N) is 2. The van der Waals surface area contributed by atoms with E-state index in [0.717, 1.165) is 42.5 Å². The fourth-order valence-corrected chi connectivity index (χ4v) is 3.70. The zero-order chi connectivity index (χ0) is 21.7. The van der Waals surface area contributed by atoms with Gasteiger partial charge < -0.3 is 20.1 Å². The fraction of sp³-hybridized carbons (Fsp3) is 0.458. The summed E-state index contributed by atoms with van der Waals surface area (Å²) in [4.78, 5) is 11.9. The van der Waals surface area contributed by atoms with Crippen molar-refractivity contribution in [2.24, 2.45) is 0 Å². The van der Waals surface area contributed by atoms with Gasteiger partial charge in [0.05, 0.1) is 7.11 Å². The van der Waals surface area contributed by atoms with Gasteiger partial charge in [0.1, 0.15) is 17.7 Å². The summed E-state index contributed by atoms with van der Waals surface area (Å²) in [5.41, 5.74) is 2.57. The van der Waals surface area contributed by atoms with E-state index in [9.17, 15) is 9.18 Å². The molecule has 0 unspecified atom stereocenters. The van der Waals surface area contributed by atoms with Crippen molar-refractivity contribution in [3.05, 3.63) is 48.3 Å². The molecular weight excluding hydrogens is 383 g/mol. The Morgan fingerprint density at radius 2 is 1.70 bits per heavy atom. The lowest BCUT2D eigenvalue weighted by atomic mass is 9.92. The molecule has 2 aromatic rings. The first-order chi connectivity index (χ1) is 14.2. The first-order valence-electron chi connectivity index (χ1n) is 10.4. The van der Waals surface area contributed by atoms with Gasteiger partial charge in [0.25, 0.3) is 0 Å². The summed E-state index contributed by atoms with van der Waals surface area (Å²) in [5, 5.41) is 6.40. The molecule has 1 aliphatic carbocycles. The van der Waals surface area contributed by atoms with Crippen molar-refractivity contribution in [1.29, 1.82) is 0 Å². The van der Waals surface area contributed by atoms with E-state index in [1.165, 1.54) is 12.1 Å². The Balaban J connectivity index is 1.52. The summed E-state index contributed by atoms with van der Waals surface area (Å²) >= 11 is 0. The third-order valence-electron chi connectivity index (χ3n) is 5.16. The van der Waals surface area contributed by atoms with E-state index in [1.807, 2.05) is 45.0 Å². The van der Waals surface area contributed by atoms with Gasteiger partial charge in [-0.3, -0.25) is 0 Å². The summed E-state index contributed by atoms with van der Waals surface area (Å²) in [6.45, 7) is 5.81. The first-order valence-corrected chi connectivity index (χ1v) is 10.4. The highest BCUT2D eigenvalue weighted by molar-refractivity contribution is 5.72. The molecule has 6 heteroatoms. The van der Waals surface area contributed by atoms with Crippen LogP contribution in [0.15, 0.2) is 42.5 Å². The zero-order valence-corrected chi connectivity index (χ0v) is 18.1. The molecule has 162 valence electrons. The second kappa shape index (κ2) is 9.37. The Morgan fingerprint density at radius 3 is 2.30 bits per heavy atom. The minimum Gasteiger partial charge on any atom is -0.496 e. The lowest BCUT2D eigenvalue weighted by molar-refractivity contribution is 0.0682. The molecule has 1 saturated carbocycles. The van der Waals surface area contributed by atoms with E-state index < -0.39 is 0 Å². The van der Waals surface area contributed by atoms with Gasteiger partial charge in [-0.1, -0.05) is 12.1 Å². The SMILES string of the molecule is COc1cc(F)ccc1-c1ccc(NC2CCC(OC(=O)NC(C)(C)C)CC2)cc1. The van der Waals surface area contributed by atoms with Crippen LogP contribution in [0, 0.1) is 5.82 Å². The summed E-state index contributed by atoms with van der Waals surface area (Å²) < 4.78 is 24.3. The Morgan fingerprint density at radius 1 is 1.03 bits per heavy atom. The molecule has 1 fully saturated rings. The molecule has 5 nitrogen and oxygen atoms in total. The van der Waals surface area contributed by atoms with Crippen molar-refractivity contribution in [3.63, 3.8) is 0 Å². The number of rotatable bonds is 5. The molecule has 2 aromatic carbocycles. The number of hydrogen-bond acceptors (Lipinski definition) is 4. The Hall–Kier alpha value is -2.76. The molecule has 1 aliphatic rings. The number of hydrogen-bond donors (Lipinski definition) is 2. The summed E-state index contributed by atoms with van der Waals surface area (Å²) in [6, 6.07) is 13.0. The number of methoxy groups -OCH3 is 1. The maximum atomic E-state index is 13.4. The largest absolute Gasteiger partial charge is 0.496 e. The van der Waals surface area contributed by atoms with Crippen LogP contribution < -0.4 is 15.4 Å². The van der Waals surface area contributed by atoms with Crippen LogP contribution in [0.1, 0.15) is 46.5 Å². The Kier molecular flexibility index (Phi) is 6.85. The van der Waals surface area contributed by atoms with Gasteiger partial charge in [-0.15, -0.1) is 0 Å². The molecule has 0 spiro atoms. The molecule has 0 heterocycles. The molecule has 30 heavy (non-hydrogen) atoms. The standard InChI is InChI=1S/C24H31FN2O3/c1-24(2,3)27-23(28)30-20-12-10-19(11-13-20)26-18-8-5-16(6-9-18)21-14-7-17(25)15-22(21)29-4/h5-9,14-15,19-20,26H,10-13H2,1-4H3,(H,27,28). The van der Waals surface area contributed by atoms with Gasteiger partial charge >= 0.3 is 6.09 Å². The molecule has 0 radical (unpaired) electrons. The van der Waals surface area contributed by atoms with Crippen LogP contribution in [-0.4, -0.2) is 30.9 Å². The number of benzene rings is 2. The second-order valence-electron chi connectivity index (χ2n) is 8.82. The van der Waals surface area contributed by atoms with Crippen LogP contribution in [0.4, 0.5) is 14.9 Å². The van der Waals surface area contributed by atoms with Gasteiger partial charge in [0.15, 0.2) is 0 Å². The summed E-state index contributed by atoms with van der Waals surface area (Å²) in [6.07, 6.45) is 3.21. The Labute approximate surface area is 178 Å². The topological polar surface area (TPSA) is 59.6 Å². The lowest BCUT2D eigenvalue weighted by Crippen LogP contribution is -2.43. The van der Waals surface area contributed by atoms with Crippen molar-refractivity contribution in [1.82, 2.24) is 5.32 Å². The van der Waals surface area contributed by atoms with E-state index in [1.54, 1.807) is 13.2 Å². The molecule has 0 bridgehead atoms. The van der Waals surface area contributed by atoms with Crippen molar-refractivity contribution in [3.8, 4) is 16.9 Å². The highest BCUT2D eigenvalue weighted by Crippen LogP contribution is 2.32. The number of carbonyl (C=O) groups is 1. The molecule has 2 N–H and O–H groups in total. The van der Waals surface area contributed by atoms with Crippen molar-refractivity contribution >= 4 is 11.8 Å². The third kappa shape index (κ3) is 6.12. The van der Waals surface area contributed by atoms with Crippen molar-refractivity contribution in [2.75, 3.05) is 12.4 Å². The number of carbonyl (C=O) groups excluding carboxylic acids is 1. The maximum absolute atomic E-state index is 13.4. The number of halogens is 1. The van der Waals surface area contributed by atoms with Gasteiger partial charge in [-0.05, 0) is 76.3 Å². The predicted molar refractivity (Wildman–Crippen MR) is 117 cm³/mol. The van der Waals surface area contributed by atoms with E-state index in [0.29, 0.717) is 11.8 Å². The lowest BCUT2D eigenvalue weighted by Gasteiger charge is -2.30. The van der Waals surface area contributed by atoms with E-state index >= 15 is 0 Å². The highest BCUT2D eigenvalue weighted by Gasteiger charge is 2.25. The average molecular weight is 415 g/mol. The summed E-state index contributed by atoms with van der Waals surface area (Å²) in [5.74, 6) is 0.203. The minimum atomic E-state index is -0.342. The number of anilines is 1. The van der Waals surface area contributed by atoms with Crippen LogP contribution in [0.3, 0.4) is 0 Å². The van der Waals surface area contributed by atoms with Crippen molar-refractivity contribution in [2.45, 2.75) is 64.1 Å². The smallest absolute Gasteiger partial charge is 0.407 e. The second-order valence-corrected chi connectivity index (χ2v) is 8.82. The molecular formula is C24H31FN2O3. The third-order valence-corrected chi connectivity index (χ3v) is 5.16.